The fraction of sp³-hybridized carbons (Fsp3) is 0.389. The third kappa shape index (κ3) is 5.47. The molecule has 22 heavy (non-hydrogen) atoms. The van der Waals surface area contributed by atoms with E-state index in [0.717, 1.165) is 24.0 Å². The zero-order chi connectivity index (χ0) is 15.8. The molecule has 0 atom stereocenters. The summed E-state index contributed by atoms with van der Waals surface area (Å²) in [6.07, 6.45) is 9.96. The smallest absolute Gasteiger partial charge is 0.251 e. The number of ether oxygens (including phenoxy) is 2. The summed E-state index contributed by atoms with van der Waals surface area (Å²) >= 11 is 0. The average molecular weight is 301 g/mol. The highest BCUT2D eigenvalue weighted by atomic mass is 16.5. The summed E-state index contributed by atoms with van der Waals surface area (Å²) in [5.41, 5.74) is 2.65. The van der Waals surface area contributed by atoms with Crippen molar-refractivity contribution in [3.05, 3.63) is 47.0 Å². The Bertz CT molecular complexity index is 525. The minimum absolute atomic E-state index is 0.00844. The van der Waals surface area contributed by atoms with E-state index in [4.69, 9.17) is 9.47 Å². The van der Waals surface area contributed by atoms with Crippen LogP contribution in [-0.4, -0.2) is 39.4 Å². The maximum absolute atomic E-state index is 12.3. The molecule has 0 unspecified atom stereocenters. The summed E-state index contributed by atoms with van der Waals surface area (Å²) in [6, 6.07) is 6.19. The van der Waals surface area contributed by atoms with Crippen LogP contribution in [0.1, 0.15) is 34.3 Å². The highest BCUT2D eigenvalue weighted by Crippen LogP contribution is 2.20. The molecule has 1 fully saturated rings. The molecule has 118 valence electrons. The van der Waals surface area contributed by atoms with Gasteiger partial charge in [-0.25, -0.2) is 0 Å². The van der Waals surface area contributed by atoms with Crippen molar-refractivity contribution in [2.45, 2.75) is 18.9 Å². The van der Waals surface area contributed by atoms with Gasteiger partial charge in [0.1, 0.15) is 0 Å². The molecule has 2 rings (SSSR count). The minimum Gasteiger partial charge on any atom is -0.381 e. The van der Waals surface area contributed by atoms with Crippen LogP contribution < -0.4 is 5.32 Å². The summed E-state index contributed by atoms with van der Waals surface area (Å²) in [5.74, 6) is -0.00844. The molecule has 1 aromatic rings. The Morgan fingerprint density at radius 3 is 2.09 bits per heavy atom. The second kappa shape index (κ2) is 8.51. The molecule has 0 spiro atoms. The summed E-state index contributed by atoms with van der Waals surface area (Å²) in [7, 11) is 3.31. The van der Waals surface area contributed by atoms with Crippen molar-refractivity contribution in [3.63, 3.8) is 0 Å². The second-order valence-corrected chi connectivity index (χ2v) is 5.35. The molecule has 1 aliphatic carbocycles. The lowest BCUT2D eigenvalue weighted by Crippen LogP contribution is -2.25. The van der Waals surface area contributed by atoms with Crippen LogP contribution >= 0.6 is 0 Å². The van der Waals surface area contributed by atoms with Crippen molar-refractivity contribution < 1.29 is 14.3 Å². The molecular weight excluding hydrogens is 278 g/mol. The first kappa shape index (κ1) is 16.5. The van der Waals surface area contributed by atoms with Crippen LogP contribution in [0.25, 0.3) is 12.2 Å². The number of benzene rings is 1. The monoisotopic (exact) mass is 301 g/mol. The SMILES string of the molecule is COC/C=C/c1cc(/C=C/COC)cc(C(=O)NC2CC2)c1. The predicted molar refractivity (Wildman–Crippen MR) is 88.8 cm³/mol. The maximum Gasteiger partial charge on any atom is 0.251 e. The quantitative estimate of drug-likeness (QED) is 0.803. The third-order valence-electron chi connectivity index (χ3n) is 3.30. The van der Waals surface area contributed by atoms with E-state index in [1.54, 1.807) is 14.2 Å². The van der Waals surface area contributed by atoms with Crippen LogP contribution in [0.4, 0.5) is 0 Å². The number of carbonyl (C=O) groups is 1. The molecule has 1 aromatic carbocycles. The van der Waals surface area contributed by atoms with Gasteiger partial charge < -0.3 is 14.8 Å². The van der Waals surface area contributed by atoms with Crippen molar-refractivity contribution in [2.75, 3.05) is 27.4 Å². The molecule has 0 radical (unpaired) electrons. The van der Waals surface area contributed by atoms with Crippen LogP contribution in [0.2, 0.25) is 0 Å². The molecule has 0 saturated heterocycles. The van der Waals surface area contributed by atoms with Gasteiger partial charge in [0.2, 0.25) is 0 Å². The Morgan fingerprint density at radius 2 is 1.64 bits per heavy atom. The van der Waals surface area contributed by atoms with E-state index in [1.165, 1.54) is 0 Å². The fourth-order valence-corrected chi connectivity index (χ4v) is 2.06. The van der Waals surface area contributed by atoms with Gasteiger partial charge >= 0.3 is 0 Å². The average Bonchev–Trinajstić information content (AvgIpc) is 3.31. The minimum atomic E-state index is -0.00844. The Labute approximate surface area is 131 Å². The Kier molecular flexibility index (Phi) is 6.37. The van der Waals surface area contributed by atoms with E-state index in [1.807, 2.05) is 42.5 Å². The van der Waals surface area contributed by atoms with Crippen LogP contribution in [0.15, 0.2) is 30.4 Å². The largest absolute Gasteiger partial charge is 0.381 e. The first-order valence-corrected chi connectivity index (χ1v) is 7.50. The number of amides is 1. The Morgan fingerprint density at radius 1 is 1.09 bits per heavy atom. The van der Waals surface area contributed by atoms with E-state index in [2.05, 4.69) is 5.32 Å². The molecule has 4 heteroatoms. The number of rotatable bonds is 8. The van der Waals surface area contributed by atoms with Gasteiger partial charge in [-0.3, -0.25) is 4.79 Å². The molecule has 4 nitrogen and oxygen atoms in total. The number of hydrogen-bond donors (Lipinski definition) is 1. The lowest BCUT2D eigenvalue weighted by atomic mass is 10.0. The zero-order valence-electron chi connectivity index (χ0n) is 13.2. The number of nitrogens with one attached hydrogen (secondary N) is 1. The summed E-state index contributed by atoms with van der Waals surface area (Å²) < 4.78 is 10.0. The molecule has 1 amide bonds. The van der Waals surface area contributed by atoms with E-state index in [-0.39, 0.29) is 5.91 Å². The van der Waals surface area contributed by atoms with E-state index < -0.39 is 0 Å². The maximum atomic E-state index is 12.3. The van der Waals surface area contributed by atoms with Crippen molar-refractivity contribution in [3.8, 4) is 0 Å². The summed E-state index contributed by atoms with van der Waals surface area (Å²) in [4.78, 5) is 12.3. The van der Waals surface area contributed by atoms with Crippen LogP contribution in [-0.2, 0) is 9.47 Å². The fourth-order valence-electron chi connectivity index (χ4n) is 2.06. The standard InChI is InChI=1S/C18H23NO3/c1-21-9-3-5-14-11-15(6-4-10-22-2)13-16(12-14)18(20)19-17-7-8-17/h3-6,11-13,17H,7-10H2,1-2H3,(H,19,20)/b5-3+,6-4+. The number of hydrogen-bond acceptors (Lipinski definition) is 3. The molecule has 0 aromatic heterocycles. The summed E-state index contributed by atoms with van der Waals surface area (Å²) in [5, 5.41) is 3.02. The highest BCUT2D eigenvalue weighted by molar-refractivity contribution is 5.95. The van der Waals surface area contributed by atoms with Crippen molar-refractivity contribution in [1.82, 2.24) is 5.32 Å². The van der Waals surface area contributed by atoms with Crippen LogP contribution in [0.3, 0.4) is 0 Å². The van der Waals surface area contributed by atoms with Crippen molar-refractivity contribution >= 4 is 18.1 Å². The third-order valence-corrected chi connectivity index (χ3v) is 3.30. The van der Waals surface area contributed by atoms with Crippen LogP contribution in [0, 0.1) is 0 Å². The van der Waals surface area contributed by atoms with Gasteiger partial charge in [-0.2, -0.15) is 0 Å². The van der Waals surface area contributed by atoms with Crippen molar-refractivity contribution in [2.24, 2.45) is 0 Å². The highest BCUT2D eigenvalue weighted by Gasteiger charge is 2.23. The molecule has 1 saturated carbocycles. The molecule has 0 heterocycles. The normalized spacial score (nSPS) is 14.8. The van der Waals surface area contributed by atoms with Crippen LogP contribution in [0.5, 0.6) is 0 Å². The van der Waals surface area contributed by atoms with Gasteiger partial charge in [-0.1, -0.05) is 24.3 Å². The lowest BCUT2D eigenvalue weighted by molar-refractivity contribution is 0.0951. The summed E-state index contributed by atoms with van der Waals surface area (Å²) in [6.45, 7) is 1.10. The lowest BCUT2D eigenvalue weighted by Gasteiger charge is -2.07. The number of methoxy groups -OCH3 is 2. The second-order valence-electron chi connectivity index (χ2n) is 5.35. The van der Waals surface area contributed by atoms with Gasteiger partial charge in [0.15, 0.2) is 0 Å². The van der Waals surface area contributed by atoms with Gasteiger partial charge in [0.25, 0.3) is 5.91 Å². The van der Waals surface area contributed by atoms with Gasteiger partial charge in [0, 0.05) is 25.8 Å². The molecule has 1 N–H and O–H groups in total. The zero-order valence-corrected chi connectivity index (χ0v) is 13.2. The van der Waals surface area contributed by atoms with E-state index >= 15 is 0 Å². The number of carbonyl (C=O) groups excluding carboxylic acids is 1. The topological polar surface area (TPSA) is 47.6 Å². The van der Waals surface area contributed by atoms with Gasteiger partial charge in [0.05, 0.1) is 13.2 Å². The Hall–Kier alpha value is -1.91. The van der Waals surface area contributed by atoms with E-state index in [9.17, 15) is 4.79 Å². The molecule has 0 bridgehead atoms. The first-order chi connectivity index (χ1) is 10.7. The van der Waals surface area contributed by atoms with Gasteiger partial charge in [-0.05, 0) is 42.2 Å². The molecular formula is C18H23NO3. The first-order valence-electron chi connectivity index (χ1n) is 7.50. The predicted octanol–water partition coefficient (Wildman–Crippen LogP) is 2.90. The van der Waals surface area contributed by atoms with E-state index in [0.29, 0.717) is 24.8 Å². The Balaban J connectivity index is 2.19. The van der Waals surface area contributed by atoms with Gasteiger partial charge in [-0.15, -0.1) is 0 Å². The van der Waals surface area contributed by atoms with Crippen molar-refractivity contribution in [1.29, 1.82) is 0 Å². The molecule has 1 aliphatic rings. The molecule has 0 aliphatic heterocycles.